The van der Waals surface area contributed by atoms with Gasteiger partial charge in [-0.25, -0.2) is 0 Å². The molecular formula is C11H15ClN2O3. The Morgan fingerprint density at radius 3 is 2.71 bits per heavy atom. The van der Waals surface area contributed by atoms with E-state index < -0.39 is 4.92 Å². The van der Waals surface area contributed by atoms with Gasteiger partial charge in [-0.05, 0) is 25.8 Å². The number of nitrogens with zero attached hydrogens (tertiary/aromatic N) is 1. The van der Waals surface area contributed by atoms with Crippen molar-refractivity contribution in [3.05, 3.63) is 33.9 Å². The van der Waals surface area contributed by atoms with Crippen LogP contribution in [0.2, 0.25) is 0 Å². The predicted octanol–water partition coefficient (Wildman–Crippen LogP) is 2.20. The third-order valence-corrected chi connectivity index (χ3v) is 2.79. The molecule has 5 nitrogen and oxygen atoms in total. The van der Waals surface area contributed by atoms with Crippen LogP contribution < -0.4 is 10.5 Å². The van der Waals surface area contributed by atoms with Gasteiger partial charge in [-0.2, -0.15) is 0 Å². The van der Waals surface area contributed by atoms with Crippen molar-refractivity contribution in [2.45, 2.75) is 25.3 Å². The van der Waals surface area contributed by atoms with Crippen LogP contribution in [-0.2, 0) is 0 Å². The van der Waals surface area contributed by atoms with Crippen LogP contribution in [0.4, 0.5) is 5.69 Å². The van der Waals surface area contributed by atoms with Crippen molar-refractivity contribution in [3.63, 3.8) is 0 Å². The molecule has 0 aliphatic heterocycles. The predicted molar refractivity (Wildman–Crippen MR) is 66.7 cm³/mol. The van der Waals surface area contributed by atoms with E-state index in [2.05, 4.69) is 0 Å². The topological polar surface area (TPSA) is 78.4 Å². The second kappa shape index (κ2) is 4.89. The first-order valence-electron chi connectivity index (χ1n) is 5.17. The van der Waals surface area contributed by atoms with Crippen molar-refractivity contribution < 1.29 is 9.66 Å². The lowest BCUT2D eigenvalue weighted by atomic mass is 10.2. The Morgan fingerprint density at radius 1 is 1.53 bits per heavy atom. The van der Waals surface area contributed by atoms with Crippen LogP contribution in [-0.4, -0.2) is 17.1 Å². The highest BCUT2D eigenvalue weighted by Gasteiger charge is 2.39. The van der Waals surface area contributed by atoms with Gasteiger partial charge in [-0.15, -0.1) is 12.4 Å². The number of rotatable bonds is 4. The maximum atomic E-state index is 10.9. The fourth-order valence-electron chi connectivity index (χ4n) is 1.51. The van der Waals surface area contributed by atoms with Crippen molar-refractivity contribution in [2.75, 3.05) is 6.61 Å². The van der Waals surface area contributed by atoms with E-state index in [4.69, 9.17) is 10.5 Å². The SMILES string of the molecule is Cc1cccc(OCC2(N)CC2)c1[N+](=O)[O-].Cl. The molecule has 0 heterocycles. The summed E-state index contributed by atoms with van der Waals surface area (Å²) in [6, 6.07) is 5.05. The number of nitro groups is 1. The molecule has 17 heavy (non-hydrogen) atoms. The molecule has 1 saturated carbocycles. The molecule has 1 fully saturated rings. The average molecular weight is 259 g/mol. The zero-order valence-electron chi connectivity index (χ0n) is 9.51. The van der Waals surface area contributed by atoms with Crippen molar-refractivity contribution in [1.82, 2.24) is 0 Å². The fourth-order valence-corrected chi connectivity index (χ4v) is 1.51. The summed E-state index contributed by atoms with van der Waals surface area (Å²) in [4.78, 5) is 10.5. The molecule has 6 heteroatoms. The van der Waals surface area contributed by atoms with E-state index in [1.807, 2.05) is 0 Å². The molecule has 2 N–H and O–H groups in total. The Labute approximate surface area is 106 Å². The van der Waals surface area contributed by atoms with Gasteiger partial charge in [0.1, 0.15) is 6.61 Å². The Bertz CT molecular complexity index is 433. The van der Waals surface area contributed by atoms with E-state index in [1.165, 1.54) is 0 Å². The first kappa shape index (κ1) is 13.7. The lowest BCUT2D eigenvalue weighted by Crippen LogP contribution is -2.29. The Morgan fingerprint density at radius 2 is 2.18 bits per heavy atom. The molecule has 1 aromatic carbocycles. The summed E-state index contributed by atoms with van der Waals surface area (Å²) >= 11 is 0. The van der Waals surface area contributed by atoms with Gasteiger partial charge < -0.3 is 10.5 Å². The number of nitrogens with two attached hydrogens (primary N) is 1. The third-order valence-electron chi connectivity index (χ3n) is 2.79. The molecule has 2 rings (SSSR count). The molecule has 0 radical (unpaired) electrons. The first-order valence-corrected chi connectivity index (χ1v) is 5.17. The monoisotopic (exact) mass is 258 g/mol. The zero-order valence-corrected chi connectivity index (χ0v) is 10.3. The molecule has 1 aromatic rings. The molecule has 1 aliphatic rings. The molecule has 1 aliphatic carbocycles. The lowest BCUT2D eigenvalue weighted by molar-refractivity contribution is -0.386. The summed E-state index contributed by atoms with van der Waals surface area (Å²) in [5.41, 5.74) is 6.23. The van der Waals surface area contributed by atoms with E-state index in [1.54, 1.807) is 25.1 Å². The van der Waals surface area contributed by atoms with Crippen molar-refractivity contribution in [3.8, 4) is 5.75 Å². The second-order valence-electron chi connectivity index (χ2n) is 4.33. The maximum Gasteiger partial charge on any atom is 0.313 e. The summed E-state index contributed by atoms with van der Waals surface area (Å²) in [5, 5.41) is 10.9. The lowest BCUT2D eigenvalue weighted by Gasteiger charge is -2.11. The summed E-state index contributed by atoms with van der Waals surface area (Å²) in [7, 11) is 0. The van der Waals surface area contributed by atoms with Gasteiger partial charge in [-0.3, -0.25) is 10.1 Å². The number of nitro benzene ring substituents is 1. The van der Waals surface area contributed by atoms with Gasteiger partial charge in [0.2, 0.25) is 0 Å². The number of hydrogen-bond donors (Lipinski definition) is 1. The minimum absolute atomic E-state index is 0. The van der Waals surface area contributed by atoms with Crippen LogP contribution in [0.15, 0.2) is 18.2 Å². The van der Waals surface area contributed by atoms with Gasteiger partial charge >= 0.3 is 5.69 Å². The summed E-state index contributed by atoms with van der Waals surface area (Å²) in [6.45, 7) is 2.04. The van der Waals surface area contributed by atoms with Gasteiger partial charge in [0, 0.05) is 5.56 Å². The molecule has 0 saturated heterocycles. The summed E-state index contributed by atoms with van der Waals surface area (Å²) in [6.07, 6.45) is 1.85. The van der Waals surface area contributed by atoms with E-state index in [0.717, 1.165) is 12.8 Å². The minimum Gasteiger partial charge on any atom is -0.485 e. The molecular weight excluding hydrogens is 244 g/mol. The quantitative estimate of drug-likeness (QED) is 0.663. The molecule has 0 bridgehead atoms. The highest BCUT2D eigenvalue weighted by molar-refractivity contribution is 5.85. The molecule has 0 aromatic heterocycles. The minimum atomic E-state index is -0.416. The molecule has 0 atom stereocenters. The largest absolute Gasteiger partial charge is 0.485 e. The van der Waals surface area contributed by atoms with E-state index in [0.29, 0.717) is 17.9 Å². The standard InChI is InChI=1S/C11H14N2O3.ClH/c1-8-3-2-4-9(10(8)13(14)15)16-7-11(12)5-6-11;/h2-4H,5-7,12H2,1H3;1H. The molecule has 94 valence electrons. The van der Waals surface area contributed by atoms with Crippen LogP contribution in [0, 0.1) is 17.0 Å². The first-order chi connectivity index (χ1) is 7.52. The highest BCUT2D eigenvalue weighted by Crippen LogP contribution is 2.35. The van der Waals surface area contributed by atoms with Gasteiger partial charge in [0.15, 0.2) is 5.75 Å². The van der Waals surface area contributed by atoms with Crippen molar-refractivity contribution in [2.24, 2.45) is 5.73 Å². The molecule has 0 spiro atoms. The maximum absolute atomic E-state index is 10.9. The number of para-hydroxylation sites is 1. The smallest absolute Gasteiger partial charge is 0.313 e. The number of benzene rings is 1. The van der Waals surface area contributed by atoms with Gasteiger partial charge in [-0.1, -0.05) is 12.1 Å². The Kier molecular flexibility index (Phi) is 3.95. The van der Waals surface area contributed by atoms with Crippen LogP contribution in [0.5, 0.6) is 5.75 Å². The Hall–Kier alpha value is -1.33. The summed E-state index contributed by atoms with van der Waals surface area (Å²) < 4.78 is 5.44. The zero-order chi connectivity index (χ0) is 11.8. The number of aryl methyl sites for hydroxylation is 1. The number of halogens is 1. The second-order valence-corrected chi connectivity index (χ2v) is 4.33. The third kappa shape index (κ3) is 3.08. The van der Waals surface area contributed by atoms with Gasteiger partial charge in [0.05, 0.1) is 10.5 Å². The van der Waals surface area contributed by atoms with Crippen molar-refractivity contribution in [1.29, 1.82) is 0 Å². The van der Waals surface area contributed by atoms with E-state index in [-0.39, 0.29) is 23.6 Å². The van der Waals surface area contributed by atoms with Crippen molar-refractivity contribution >= 4 is 18.1 Å². The molecule has 0 unspecified atom stereocenters. The number of hydrogen-bond acceptors (Lipinski definition) is 4. The van der Waals surface area contributed by atoms with Crippen LogP contribution >= 0.6 is 12.4 Å². The normalized spacial score (nSPS) is 15.9. The van der Waals surface area contributed by atoms with E-state index in [9.17, 15) is 10.1 Å². The molecule has 0 amide bonds. The highest BCUT2D eigenvalue weighted by atomic mass is 35.5. The fraction of sp³-hybridized carbons (Fsp3) is 0.455. The van der Waals surface area contributed by atoms with Crippen LogP contribution in [0.25, 0.3) is 0 Å². The van der Waals surface area contributed by atoms with Crippen LogP contribution in [0.3, 0.4) is 0 Å². The Balaban J connectivity index is 0.00000144. The number of ether oxygens (including phenoxy) is 1. The van der Waals surface area contributed by atoms with Crippen LogP contribution in [0.1, 0.15) is 18.4 Å². The summed E-state index contributed by atoms with van der Waals surface area (Å²) in [5.74, 6) is 0.307. The van der Waals surface area contributed by atoms with Gasteiger partial charge in [0.25, 0.3) is 0 Å². The average Bonchev–Trinajstić information content (AvgIpc) is 2.94. The van der Waals surface area contributed by atoms with E-state index >= 15 is 0 Å².